The molecule has 1 heterocycles. The van der Waals surface area contributed by atoms with E-state index in [-0.39, 0.29) is 11.7 Å². The van der Waals surface area contributed by atoms with E-state index in [1.54, 1.807) is 0 Å². The largest absolute Gasteiger partial charge is 0.494 e. The Morgan fingerprint density at radius 2 is 1.68 bits per heavy atom. The highest BCUT2D eigenvalue weighted by atomic mass is 32.2. The Balaban J connectivity index is 1.54. The molecular formula is C23H28N4O3S. The Labute approximate surface area is 187 Å². The number of carbonyl (C=O) groups is 1. The van der Waals surface area contributed by atoms with Crippen molar-refractivity contribution in [3.8, 4) is 22.9 Å². The number of aromatic nitrogens is 3. The van der Waals surface area contributed by atoms with Crippen molar-refractivity contribution < 1.29 is 14.3 Å². The van der Waals surface area contributed by atoms with Gasteiger partial charge in [-0.2, -0.15) is 0 Å². The molecule has 0 atom stereocenters. The molecule has 7 nitrogen and oxygen atoms in total. The van der Waals surface area contributed by atoms with E-state index >= 15 is 0 Å². The molecule has 3 aromatic rings. The molecule has 0 unspecified atom stereocenters. The number of amides is 1. The van der Waals surface area contributed by atoms with E-state index in [4.69, 9.17) is 9.47 Å². The minimum atomic E-state index is -0.104. The van der Waals surface area contributed by atoms with Crippen LogP contribution in [0.15, 0.2) is 53.7 Å². The minimum absolute atomic E-state index is 0.104. The summed E-state index contributed by atoms with van der Waals surface area (Å²) in [6.45, 7) is 5.40. The normalized spacial score (nSPS) is 10.7. The van der Waals surface area contributed by atoms with Crippen molar-refractivity contribution in [1.29, 1.82) is 0 Å². The third-order valence-electron chi connectivity index (χ3n) is 4.50. The molecule has 0 bridgehead atoms. The second kappa shape index (κ2) is 11.4. The maximum absolute atomic E-state index is 12.3. The first-order valence-electron chi connectivity index (χ1n) is 10.4. The van der Waals surface area contributed by atoms with Gasteiger partial charge in [-0.3, -0.25) is 4.79 Å². The number of thioether (sulfide) groups is 1. The third-order valence-corrected chi connectivity index (χ3v) is 5.52. The van der Waals surface area contributed by atoms with Crippen molar-refractivity contribution in [2.45, 2.75) is 31.8 Å². The highest BCUT2D eigenvalue weighted by Gasteiger charge is 2.13. The van der Waals surface area contributed by atoms with Crippen LogP contribution in [-0.2, 0) is 11.8 Å². The number of hydrogen-bond acceptors (Lipinski definition) is 6. The zero-order valence-corrected chi connectivity index (χ0v) is 18.9. The number of rotatable bonds is 11. The fraction of sp³-hybridized carbons (Fsp3) is 0.348. The molecule has 1 aromatic heterocycles. The van der Waals surface area contributed by atoms with Gasteiger partial charge in [0.1, 0.15) is 11.5 Å². The van der Waals surface area contributed by atoms with Crippen molar-refractivity contribution in [1.82, 2.24) is 14.8 Å². The average Bonchev–Trinajstić information content (AvgIpc) is 3.15. The summed E-state index contributed by atoms with van der Waals surface area (Å²) in [5.74, 6) is 2.51. The maximum Gasteiger partial charge on any atom is 0.234 e. The molecule has 0 aliphatic heterocycles. The summed E-state index contributed by atoms with van der Waals surface area (Å²) in [5.41, 5.74) is 1.68. The molecule has 31 heavy (non-hydrogen) atoms. The topological polar surface area (TPSA) is 78.3 Å². The van der Waals surface area contributed by atoms with Gasteiger partial charge in [-0.1, -0.05) is 25.1 Å². The van der Waals surface area contributed by atoms with Crippen molar-refractivity contribution in [2.75, 3.05) is 24.3 Å². The Morgan fingerprint density at radius 3 is 2.35 bits per heavy atom. The van der Waals surface area contributed by atoms with Gasteiger partial charge in [0.15, 0.2) is 11.0 Å². The number of ether oxygens (including phenoxy) is 2. The quantitative estimate of drug-likeness (QED) is 0.341. The molecule has 0 saturated heterocycles. The first-order valence-corrected chi connectivity index (χ1v) is 11.4. The van der Waals surface area contributed by atoms with E-state index in [9.17, 15) is 4.79 Å². The highest BCUT2D eigenvalue weighted by molar-refractivity contribution is 7.99. The number of hydrogen-bond donors (Lipinski definition) is 1. The molecular weight excluding hydrogens is 412 g/mol. The van der Waals surface area contributed by atoms with Crippen molar-refractivity contribution >= 4 is 23.4 Å². The molecule has 0 radical (unpaired) electrons. The number of carbonyl (C=O) groups excluding carboxylic acids is 1. The zero-order valence-electron chi connectivity index (χ0n) is 18.1. The molecule has 0 spiro atoms. The molecule has 0 fully saturated rings. The van der Waals surface area contributed by atoms with Crippen LogP contribution >= 0.6 is 11.8 Å². The van der Waals surface area contributed by atoms with Crippen LogP contribution in [0.1, 0.15) is 26.7 Å². The lowest BCUT2D eigenvalue weighted by Crippen LogP contribution is -2.14. The first kappa shape index (κ1) is 22.7. The van der Waals surface area contributed by atoms with Gasteiger partial charge in [0.2, 0.25) is 5.91 Å². The van der Waals surface area contributed by atoms with Gasteiger partial charge in [0, 0.05) is 18.3 Å². The smallest absolute Gasteiger partial charge is 0.234 e. The molecule has 3 rings (SSSR count). The number of benzene rings is 2. The maximum atomic E-state index is 12.3. The molecule has 0 aliphatic rings. The second-order valence-corrected chi connectivity index (χ2v) is 7.83. The van der Waals surface area contributed by atoms with Crippen molar-refractivity contribution in [2.24, 2.45) is 7.05 Å². The monoisotopic (exact) mass is 440 g/mol. The van der Waals surface area contributed by atoms with Crippen molar-refractivity contribution in [3.05, 3.63) is 48.5 Å². The van der Waals surface area contributed by atoms with Gasteiger partial charge in [-0.25, -0.2) is 0 Å². The molecule has 0 saturated carbocycles. The van der Waals surface area contributed by atoms with Gasteiger partial charge in [-0.15, -0.1) is 10.2 Å². The Kier molecular flexibility index (Phi) is 8.35. The zero-order chi connectivity index (χ0) is 22.1. The summed E-state index contributed by atoms with van der Waals surface area (Å²) in [6.07, 6.45) is 2.15. The minimum Gasteiger partial charge on any atom is -0.494 e. The van der Waals surface area contributed by atoms with E-state index < -0.39 is 0 Å². The highest BCUT2D eigenvalue weighted by Crippen LogP contribution is 2.25. The Bertz CT molecular complexity index is 971. The summed E-state index contributed by atoms with van der Waals surface area (Å²) in [6, 6.07) is 15.1. The predicted molar refractivity (Wildman–Crippen MR) is 124 cm³/mol. The van der Waals surface area contributed by atoms with E-state index in [1.165, 1.54) is 11.8 Å². The van der Waals surface area contributed by atoms with Gasteiger partial charge in [-0.05, 0) is 61.9 Å². The Hall–Kier alpha value is -3.00. The molecule has 2 aromatic carbocycles. The van der Waals surface area contributed by atoms with Gasteiger partial charge < -0.3 is 19.4 Å². The molecule has 1 amide bonds. The number of anilines is 1. The summed E-state index contributed by atoms with van der Waals surface area (Å²) in [5, 5.41) is 12.1. The second-order valence-electron chi connectivity index (χ2n) is 6.89. The van der Waals surface area contributed by atoms with Gasteiger partial charge in [0.25, 0.3) is 0 Å². The summed E-state index contributed by atoms with van der Waals surface area (Å²) >= 11 is 1.35. The number of nitrogens with zero attached hydrogens (tertiary/aromatic N) is 3. The first-order chi connectivity index (χ1) is 15.1. The summed E-state index contributed by atoms with van der Waals surface area (Å²) in [7, 11) is 1.90. The number of nitrogens with one attached hydrogen (secondary N) is 1. The van der Waals surface area contributed by atoms with E-state index in [2.05, 4.69) is 22.4 Å². The summed E-state index contributed by atoms with van der Waals surface area (Å²) < 4.78 is 13.0. The molecule has 8 heteroatoms. The van der Waals surface area contributed by atoms with Crippen molar-refractivity contribution in [3.63, 3.8) is 0 Å². The molecule has 164 valence electrons. The van der Waals surface area contributed by atoms with Crippen LogP contribution in [0.4, 0.5) is 5.69 Å². The molecule has 0 aliphatic carbocycles. The van der Waals surface area contributed by atoms with E-state index in [0.29, 0.717) is 11.8 Å². The fourth-order valence-electron chi connectivity index (χ4n) is 2.85. The Morgan fingerprint density at radius 1 is 1.00 bits per heavy atom. The van der Waals surface area contributed by atoms with Crippen LogP contribution in [-0.4, -0.2) is 39.6 Å². The summed E-state index contributed by atoms with van der Waals surface area (Å²) in [4.78, 5) is 12.3. The average molecular weight is 441 g/mol. The van der Waals surface area contributed by atoms with Crippen LogP contribution < -0.4 is 14.8 Å². The van der Waals surface area contributed by atoms with Crippen LogP contribution in [0.3, 0.4) is 0 Å². The molecule has 1 N–H and O–H groups in total. The van der Waals surface area contributed by atoms with Gasteiger partial charge in [0.05, 0.1) is 19.0 Å². The lowest BCUT2D eigenvalue weighted by atomic mass is 10.2. The van der Waals surface area contributed by atoms with E-state index in [1.807, 2.05) is 67.1 Å². The van der Waals surface area contributed by atoms with Crippen LogP contribution in [0.5, 0.6) is 11.5 Å². The van der Waals surface area contributed by atoms with Crippen LogP contribution in [0, 0.1) is 0 Å². The standard InChI is InChI=1S/C23H28N4O3S/c1-4-6-15-30-20-11-7-17(8-12-20)22-25-26-23(27(22)3)31-16-21(28)24-18-9-13-19(14-10-18)29-5-2/h7-14H,4-6,15-16H2,1-3H3,(H,24,28). The lowest BCUT2D eigenvalue weighted by molar-refractivity contribution is -0.113. The SMILES string of the molecule is CCCCOc1ccc(-c2nnc(SCC(=O)Nc3ccc(OCC)cc3)n2C)cc1. The number of unbranched alkanes of at least 4 members (excludes halogenated alkanes) is 1. The van der Waals surface area contributed by atoms with Crippen LogP contribution in [0.25, 0.3) is 11.4 Å². The fourth-order valence-corrected chi connectivity index (χ4v) is 3.57. The lowest BCUT2D eigenvalue weighted by Gasteiger charge is -2.08. The predicted octanol–water partition coefficient (Wildman–Crippen LogP) is 4.79. The van der Waals surface area contributed by atoms with Gasteiger partial charge >= 0.3 is 0 Å². The van der Waals surface area contributed by atoms with Crippen LogP contribution in [0.2, 0.25) is 0 Å². The third kappa shape index (κ3) is 6.49. The van der Waals surface area contributed by atoms with E-state index in [0.717, 1.165) is 48.0 Å².